The molecule has 1 saturated carbocycles. The van der Waals surface area contributed by atoms with Gasteiger partial charge in [0.1, 0.15) is 0 Å². The molecule has 29 heavy (non-hydrogen) atoms. The fourth-order valence-corrected chi connectivity index (χ4v) is 4.38. The van der Waals surface area contributed by atoms with Gasteiger partial charge in [-0.3, -0.25) is 9.80 Å². The quantitative estimate of drug-likeness (QED) is 0.733. The summed E-state index contributed by atoms with van der Waals surface area (Å²) in [7, 11) is 0. The minimum atomic E-state index is -0.522. The van der Waals surface area contributed by atoms with E-state index in [2.05, 4.69) is 44.5 Å². The highest BCUT2D eigenvalue weighted by molar-refractivity contribution is 5.81. The maximum absolute atomic E-state index is 13.3. The number of nitrogens with zero attached hydrogens (tertiary/aromatic N) is 3. The summed E-state index contributed by atoms with van der Waals surface area (Å²) in [6.45, 7) is 13.1. The van der Waals surface area contributed by atoms with E-state index in [1.54, 1.807) is 5.17 Å². The Balaban J connectivity index is 1.72. The number of amides is 1. The van der Waals surface area contributed by atoms with Crippen LogP contribution in [0.3, 0.4) is 0 Å². The molecule has 1 fully saturated rings. The number of hydrogen-bond donors (Lipinski definition) is 1. The standard InChI is InChI=1S/C23H36N4O2/c1-7-25(20-10-8-9-11-20)23(28)22(16(2)3)29-26-15-19(6)27(24-26)21-13-17(4)12-18(5)14-21/h12-16,20,22,24H,7-11H2,1-6H3. The molecule has 3 rings (SSSR count). The van der Waals surface area contributed by atoms with Gasteiger partial charge in [0.05, 0.1) is 17.6 Å². The van der Waals surface area contributed by atoms with Crippen LogP contribution in [0.1, 0.15) is 64.5 Å². The lowest BCUT2D eigenvalue weighted by atomic mass is 10.0. The Labute approximate surface area is 175 Å². The van der Waals surface area contributed by atoms with Crippen LogP contribution >= 0.6 is 0 Å². The molecule has 1 aliphatic carbocycles. The van der Waals surface area contributed by atoms with E-state index in [4.69, 9.17) is 4.84 Å². The van der Waals surface area contributed by atoms with Gasteiger partial charge in [-0.2, -0.15) is 5.17 Å². The first-order valence-corrected chi connectivity index (χ1v) is 10.9. The summed E-state index contributed by atoms with van der Waals surface area (Å²) in [6, 6.07) is 6.77. The van der Waals surface area contributed by atoms with Gasteiger partial charge in [-0.15, -0.1) is 5.53 Å². The van der Waals surface area contributed by atoms with E-state index in [-0.39, 0.29) is 11.8 Å². The zero-order valence-electron chi connectivity index (χ0n) is 18.7. The fourth-order valence-electron chi connectivity index (χ4n) is 4.38. The summed E-state index contributed by atoms with van der Waals surface area (Å²) >= 11 is 0. The Hall–Kier alpha value is -2.05. The fraction of sp³-hybridized carbons (Fsp3) is 0.609. The van der Waals surface area contributed by atoms with Crippen molar-refractivity contribution in [2.24, 2.45) is 5.92 Å². The number of carbonyl (C=O) groups excluding carboxylic acids is 1. The third-order valence-corrected chi connectivity index (χ3v) is 5.79. The number of anilines is 1. The summed E-state index contributed by atoms with van der Waals surface area (Å²) in [5.41, 5.74) is 7.73. The van der Waals surface area contributed by atoms with Gasteiger partial charge < -0.3 is 4.90 Å². The molecule has 1 N–H and O–H groups in total. The van der Waals surface area contributed by atoms with Crippen LogP contribution in [0.5, 0.6) is 0 Å². The first-order valence-electron chi connectivity index (χ1n) is 10.9. The van der Waals surface area contributed by atoms with Crippen LogP contribution in [-0.4, -0.2) is 34.7 Å². The lowest BCUT2D eigenvalue weighted by Gasteiger charge is -2.34. The lowest BCUT2D eigenvalue weighted by Crippen LogP contribution is -2.51. The molecule has 160 valence electrons. The summed E-state index contributed by atoms with van der Waals surface area (Å²) in [5.74, 6) is 0.163. The highest BCUT2D eigenvalue weighted by atomic mass is 16.7. The second-order valence-electron chi connectivity index (χ2n) is 8.71. The molecule has 2 aliphatic rings. The van der Waals surface area contributed by atoms with Gasteiger partial charge in [-0.25, -0.2) is 4.84 Å². The monoisotopic (exact) mass is 400 g/mol. The maximum atomic E-state index is 13.3. The van der Waals surface area contributed by atoms with Crippen molar-refractivity contribution in [3.63, 3.8) is 0 Å². The molecule has 1 unspecified atom stereocenters. The summed E-state index contributed by atoms with van der Waals surface area (Å²) < 4.78 is 0. The number of hydrogen-bond acceptors (Lipinski definition) is 5. The van der Waals surface area contributed by atoms with Gasteiger partial charge in [-0.05, 0) is 69.7 Å². The number of aryl methyl sites for hydroxylation is 2. The van der Waals surface area contributed by atoms with Crippen molar-refractivity contribution < 1.29 is 9.63 Å². The van der Waals surface area contributed by atoms with Crippen molar-refractivity contribution >= 4 is 11.6 Å². The van der Waals surface area contributed by atoms with E-state index in [1.807, 2.05) is 36.9 Å². The van der Waals surface area contributed by atoms with E-state index in [1.165, 1.54) is 24.0 Å². The second-order valence-corrected chi connectivity index (χ2v) is 8.71. The van der Waals surface area contributed by atoms with Gasteiger partial charge in [0, 0.05) is 12.6 Å². The topological polar surface area (TPSA) is 48.1 Å². The highest BCUT2D eigenvalue weighted by Gasteiger charge is 2.35. The zero-order chi connectivity index (χ0) is 21.1. The van der Waals surface area contributed by atoms with Crippen LogP contribution in [0.25, 0.3) is 0 Å². The first-order chi connectivity index (χ1) is 13.8. The Morgan fingerprint density at radius 3 is 2.34 bits per heavy atom. The van der Waals surface area contributed by atoms with Crippen LogP contribution in [0.4, 0.5) is 5.69 Å². The molecular formula is C23H36N4O2. The van der Waals surface area contributed by atoms with Crippen LogP contribution < -0.4 is 10.5 Å². The smallest absolute Gasteiger partial charge is 0.255 e. The van der Waals surface area contributed by atoms with Crippen LogP contribution in [0.2, 0.25) is 0 Å². The van der Waals surface area contributed by atoms with Crippen molar-refractivity contribution in [3.8, 4) is 0 Å². The minimum absolute atomic E-state index is 0.0729. The summed E-state index contributed by atoms with van der Waals surface area (Å²) in [4.78, 5) is 21.5. The van der Waals surface area contributed by atoms with Gasteiger partial charge >= 0.3 is 0 Å². The van der Waals surface area contributed by atoms with Gasteiger partial charge in [-0.1, -0.05) is 32.8 Å². The number of benzene rings is 1. The number of carbonyl (C=O) groups is 1. The molecule has 6 nitrogen and oxygen atoms in total. The van der Waals surface area contributed by atoms with Crippen LogP contribution in [0, 0.1) is 19.8 Å². The molecule has 1 heterocycles. The third-order valence-electron chi connectivity index (χ3n) is 5.79. The van der Waals surface area contributed by atoms with Crippen molar-refractivity contribution in [2.75, 3.05) is 11.6 Å². The molecular weight excluding hydrogens is 364 g/mol. The lowest BCUT2D eigenvalue weighted by molar-refractivity contribution is -0.211. The van der Waals surface area contributed by atoms with E-state index in [0.717, 1.165) is 30.8 Å². The maximum Gasteiger partial charge on any atom is 0.255 e. The first kappa shape index (κ1) is 21.7. The van der Waals surface area contributed by atoms with Crippen LogP contribution in [-0.2, 0) is 9.63 Å². The average molecular weight is 401 g/mol. The predicted octanol–water partition coefficient (Wildman–Crippen LogP) is 4.45. The van der Waals surface area contributed by atoms with Gasteiger partial charge in [0.2, 0.25) is 0 Å². The number of hydrazine groups is 2. The Morgan fingerprint density at radius 2 is 1.79 bits per heavy atom. The number of nitrogens with one attached hydrogen (secondary N) is 1. The molecule has 0 bridgehead atoms. The largest absolute Gasteiger partial charge is 0.338 e. The molecule has 0 spiro atoms. The van der Waals surface area contributed by atoms with Crippen molar-refractivity contribution in [1.82, 2.24) is 15.6 Å². The SMILES string of the molecule is CCN(C(=O)C(ON1C=C(C)N(c2cc(C)cc(C)c2)N1)C(C)C)C1CCCC1. The molecule has 0 radical (unpaired) electrons. The Kier molecular flexibility index (Phi) is 6.85. The van der Waals surface area contributed by atoms with Crippen molar-refractivity contribution in [2.45, 2.75) is 79.4 Å². The molecule has 1 amide bonds. The van der Waals surface area contributed by atoms with Gasteiger partial charge in [0.25, 0.3) is 5.91 Å². The van der Waals surface area contributed by atoms with Gasteiger partial charge in [0.15, 0.2) is 6.10 Å². The molecule has 1 aromatic carbocycles. The molecule has 1 aromatic rings. The molecule has 0 aromatic heterocycles. The second kappa shape index (κ2) is 9.18. The highest BCUT2D eigenvalue weighted by Crippen LogP contribution is 2.27. The van der Waals surface area contributed by atoms with E-state index < -0.39 is 6.10 Å². The number of likely N-dealkylation sites (N-methyl/N-ethyl adjacent to an activating group) is 1. The number of rotatable bonds is 7. The summed E-state index contributed by atoms with van der Waals surface area (Å²) in [6.07, 6.45) is 6.00. The van der Waals surface area contributed by atoms with Crippen LogP contribution in [0.15, 0.2) is 30.1 Å². The molecule has 1 atom stereocenters. The number of hydroxylamine groups is 1. The predicted molar refractivity (Wildman–Crippen MR) is 116 cm³/mol. The summed E-state index contributed by atoms with van der Waals surface area (Å²) in [5, 5.41) is 3.56. The third kappa shape index (κ3) is 4.93. The average Bonchev–Trinajstić information content (AvgIpc) is 3.29. The molecule has 0 saturated heterocycles. The van der Waals surface area contributed by atoms with E-state index in [0.29, 0.717) is 6.04 Å². The normalized spacial score (nSPS) is 18.5. The van der Waals surface area contributed by atoms with Crippen molar-refractivity contribution in [1.29, 1.82) is 0 Å². The van der Waals surface area contributed by atoms with E-state index >= 15 is 0 Å². The number of allylic oxidation sites excluding steroid dienone is 1. The molecule has 6 heteroatoms. The van der Waals surface area contributed by atoms with E-state index in [9.17, 15) is 4.79 Å². The van der Waals surface area contributed by atoms with Crippen molar-refractivity contribution in [3.05, 3.63) is 41.2 Å². The Bertz CT molecular complexity index is 735. The Morgan fingerprint density at radius 1 is 1.17 bits per heavy atom. The molecule has 1 aliphatic heterocycles. The minimum Gasteiger partial charge on any atom is -0.338 e. The zero-order valence-corrected chi connectivity index (χ0v) is 18.7.